The van der Waals surface area contributed by atoms with E-state index in [0.717, 1.165) is 21.6 Å². The summed E-state index contributed by atoms with van der Waals surface area (Å²) in [4.78, 5) is 16.3. The lowest BCUT2D eigenvalue weighted by atomic mass is 10.2. The summed E-state index contributed by atoms with van der Waals surface area (Å²) < 4.78 is 1.57. The average molecular weight is 271 g/mol. The minimum Gasteiger partial charge on any atom is -0.317 e. The highest BCUT2D eigenvalue weighted by atomic mass is 32.1. The van der Waals surface area contributed by atoms with E-state index in [-0.39, 0.29) is 5.56 Å². The number of thiazole rings is 1. The second kappa shape index (κ2) is 4.85. The van der Waals surface area contributed by atoms with Crippen LogP contribution in [0.2, 0.25) is 0 Å². The van der Waals surface area contributed by atoms with Crippen LogP contribution in [0.15, 0.2) is 46.6 Å². The van der Waals surface area contributed by atoms with E-state index in [2.05, 4.69) is 10.4 Å². The molecule has 0 aliphatic carbocycles. The number of nitrogens with one attached hydrogen (secondary N) is 1. The quantitative estimate of drug-likeness (QED) is 0.796. The maximum atomic E-state index is 11.9. The van der Waals surface area contributed by atoms with Gasteiger partial charge in [0.05, 0.1) is 22.8 Å². The Kier molecular flexibility index (Phi) is 3.05. The molecule has 0 aliphatic rings. The number of benzene rings is 1. The molecule has 1 aromatic carbocycles. The monoisotopic (exact) mass is 271 g/mol. The molecular weight excluding hydrogens is 258 g/mol. The van der Waals surface area contributed by atoms with Crippen LogP contribution >= 0.6 is 11.3 Å². The third-order valence-electron chi connectivity index (χ3n) is 2.89. The summed E-state index contributed by atoms with van der Waals surface area (Å²) in [6.07, 6.45) is 0. The van der Waals surface area contributed by atoms with Gasteiger partial charge in [-0.1, -0.05) is 18.2 Å². The lowest BCUT2D eigenvalue weighted by Crippen LogP contribution is -2.28. The third-order valence-corrected chi connectivity index (χ3v) is 3.71. The lowest BCUT2D eigenvalue weighted by molar-refractivity contribution is 0.822. The zero-order valence-corrected chi connectivity index (χ0v) is 11.3. The molecular formula is C14H13N3OS. The Hall–Kier alpha value is -2.14. The molecule has 0 fully saturated rings. The molecule has 0 saturated heterocycles. The van der Waals surface area contributed by atoms with Crippen molar-refractivity contribution in [2.75, 3.05) is 5.43 Å². The molecule has 0 aliphatic heterocycles. The number of para-hydroxylation sites is 1. The second-order valence-electron chi connectivity index (χ2n) is 4.26. The Labute approximate surface area is 114 Å². The highest BCUT2D eigenvalue weighted by Crippen LogP contribution is 2.11. The molecule has 1 N–H and O–H groups in total. The van der Waals surface area contributed by atoms with Crippen molar-refractivity contribution in [1.29, 1.82) is 0 Å². The number of hydrogen-bond donors (Lipinski definition) is 1. The van der Waals surface area contributed by atoms with Crippen LogP contribution in [-0.2, 0) is 6.54 Å². The van der Waals surface area contributed by atoms with E-state index in [1.54, 1.807) is 22.1 Å². The van der Waals surface area contributed by atoms with Crippen LogP contribution in [0.25, 0.3) is 10.9 Å². The summed E-state index contributed by atoms with van der Waals surface area (Å²) >= 11 is 1.61. The normalized spacial score (nSPS) is 10.8. The van der Waals surface area contributed by atoms with E-state index in [1.807, 2.05) is 42.6 Å². The van der Waals surface area contributed by atoms with Crippen LogP contribution in [0, 0.1) is 6.92 Å². The van der Waals surface area contributed by atoms with Gasteiger partial charge in [-0.15, -0.1) is 11.3 Å². The summed E-state index contributed by atoms with van der Waals surface area (Å²) in [5.74, 6) is 0. The molecule has 96 valence electrons. The van der Waals surface area contributed by atoms with Crippen molar-refractivity contribution >= 4 is 22.2 Å². The van der Waals surface area contributed by atoms with Crippen molar-refractivity contribution in [2.45, 2.75) is 13.5 Å². The Bertz CT molecular complexity index is 775. The highest BCUT2D eigenvalue weighted by Gasteiger charge is 2.03. The average Bonchev–Trinajstić information content (AvgIpc) is 2.83. The predicted molar refractivity (Wildman–Crippen MR) is 78.1 cm³/mol. The fourth-order valence-corrected chi connectivity index (χ4v) is 2.61. The summed E-state index contributed by atoms with van der Waals surface area (Å²) in [7, 11) is 0. The molecule has 0 spiro atoms. The minimum atomic E-state index is -0.0642. The standard InChI is InChI=1S/C14H13N3OS/c1-10-16-12(9-19-10)8-15-17-13-5-3-2-4-11(13)6-7-14(17)18/h2-7,9,15H,8H2,1H3. The molecule has 3 rings (SSSR count). The van der Waals surface area contributed by atoms with E-state index in [0.29, 0.717) is 6.54 Å². The topological polar surface area (TPSA) is 46.9 Å². The number of nitrogens with zero attached hydrogens (tertiary/aromatic N) is 2. The summed E-state index contributed by atoms with van der Waals surface area (Å²) in [5, 5.41) is 4.06. The van der Waals surface area contributed by atoms with Gasteiger partial charge in [0.15, 0.2) is 0 Å². The number of pyridine rings is 1. The van der Waals surface area contributed by atoms with Crippen LogP contribution < -0.4 is 11.0 Å². The molecule has 19 heavy (non-hydrogen) atoms. The van der Waals surface area contributed by atoms with Crippen LogP contribution in [0.5, 0.6) is 0 Å². The second-order valence-corrected chi connectivity index (χ2v) is 5.32. The Morgan fingerprint density at radius 3 is 2.89 bits per heavy atom. The Balaban J connectivity index is 1.96. The number of fused-ring (bicyclic) bond motifs is 1. The summed E-state index contributed by atoms with van der Waals surface area (Å²) in [6.45, 7) is 2.51. The summed E-state index contributed by atoms with van der Waals surface area (Å²) in [6, 6.07) is 11.2. The fourth-order valence-electron chi connectivity index (χ4n) is 2.00. The molecule has 5 heteroatoms. The maximum Gasteiger partial charge on any atom is 0.269 e. The van der Waals surface area contributed by atoms with E-state index in [1.165, 1.54) is 0 Å². The Morgan fingerprint density at radius 1 is 1.26 bits per heavy atom. The number of hydrogen-bond acceptors (Lipinski definition) is 4. The molecule has 2 aromatic heterocycles. The van der Waals surface area contributed by atoms with E-state index in [9.17, 15) is 4.79 Å². The van der Waals surface area contributed by atoms with Gasteiger partial charge >= 0.3 is 0 Å². The number of aryl methyl sites for hydroxylation is 1. The molecule has 2 heterocycles. The maximum absolute atomic E-state index is 11.9. The molecule has 0 saturated carbocycles. The van der Waals surface area contributed by atoms with Gasteiger partial charge in [0.25, 0.3) is 5.56 Å². The van der Waals surface area contributed by atoms with Gasteiger partial charge in [0.1, 0.15) is 0 Å². The number of rotatable bonds is 3. The molecule has 0 radical (unpaired) electrons. The molecule has 0 bridgehead atoms. The van der Waals surface area contributed by atoms with Gasteiger partial charge in [0, 0.05) is 16.8 Å². The predicted octanol–water partition coefficient (Wildman–Crippen LogP) is 2.51. The summed E-state index contributed by atoms with van der Waals surface area (Å²) in [5.41, 5.74) is 4.89. The van der Waals surface area contributed by atoms with E-state index >= 15 is 0 Å². The smallest absolute Gasteiger partial charge is 0.269 e. The van der Waals surface area contributed by atoms with Crippen LogP contribution in [0.3, 0.4) is 0 Å². The SMILES string of the molecule is Cc1nc(CNn2c(=O)ccc3ccccc32)cs1. The minimum absolute atomic E-state index is 0.0642. The van der Waals surface area contributed by atoms with Crippen LogP contribution in [0.4, 0.5) is 0 Å². The number of aromatic nitrogens is 2. The van der Waals surface area contributed by atoms with E-state index < -0.39 is 0 Å². The van der Waals surface area contributed by atoms with Crippen LogP contribution in [-0.4, -0.2) is 9.66 Å². The first-order valence-electron chi connectivity index (χ1n) is 6.00. The van der Waals surface area contributed by atoms with Crippen molar-refractivity contribution in [3.05, 3.63) is 62.8 Å². The Morgan fingerprint density at radius 2 is 2.11 bits per heavy atom. The van der Waals surface area contributed by atoms with Gasteiger partial charge in [-0.2, -0.15) is 0 Å². The first-order valence-corrected chi connectivity index (χ1v) is 6.88. The van der Waals surface area contributed by atoms with Gasteiger partial charge in [-0.3, -0.25) is 4.79 Å². The third kappa shape index (κ3) is 2.37. The van der Waals surface area contributed by atoms with Crippen molar-refractivity contribution in [3.8, 4) is 0 Å². The lowest BCUT2D eigenvalue weighted by Gasteiger charge is -2.11. The van der Waals surface area contributed by atoms with Gasteiger partial charge in [0.2, 0.25) is 0 Å². The first-order chi connectivity index (χ1) is 9.24. The molecule has 3 aromatic rings. The molecule has 4 nitrogen and oxygen atoms in total. The largest absolute Gasteiger partial charge is 0.317 e. The molecule has 0 unspecified atom stereocenters. The highest BCUT2D eigenvalue weighted by molar-refractivity contribution is 7.09. The van der Waals surface area contributed by atoms with Gasteiger partial charge in [-0.25, -0.2) is 9.66 Å². The van der Waals surface area contributed by atoms with Crippen molar-refractivity contribution in [2.24, 2.45) is 0 Å². The van der Waals surface area contributed by atoms with E-state index in [4.69, 9.17) is 0 Å². The molecule has 0 atom stereocenters. The van der Waals surface area contributed by atoms with Gasteiger partial charge in [-0.05, 0) is 19.1 Å². The van der Waals surface area contributed by atoms with Crippen LogP contribution in [0.1, 0.15) is 10.7 Å². The zero-order valence-electron chi connectivity index (χ0n) is 10.5. The molecule has 0 amide bonds. The first kappa shape index (κ1) is 11.9. The van der Waals surface area contributed by atoms with Crippen molar-refractivity contribution < 1.29 is 0 Å². The zero-order chi connectivity index (χ0) is 13.2. The van der Waals surface area contributed by atoms with Gasteiger partial charge < -0.3 is 5.43 Å². The van der Waals surface area contributed by atoms with Crippen molar-refractivity contribution in [3.63, 3.8) is 0 Å². The van der Waals surface area contributed by atoms with Crippen molar-refractivity contribution in [1.82, 2.24) is 9.66 Å². The fraction of sp³-hybridized carbons (Fsp3) is 0.143.